The van der Waals surface area contributed by atoms with Gasteiger partial charge in [0.2, 0.25) is 0 Å². The number of ether oxygens (including phenoxy) is 1. The molecule has 1 saturated carbocycles. The van der Waals surface area contributed by atoms with Gasteiger partial charge in [0.25, 0.3) is 0 Å². The Kier molecular flexibility index (Phi) is 5.08. The van der Waals surface area contributed by atoms with E-state index in [1.54, 1.807) is 0 Å². The minimum absolute atomic E-state index is 0.0481. The lowest BCUT2D eigenvalue weighted by Gasteiger charge is -2.57. The Bertz CT molecular complexity index is 683. The average molecular weight is 356 g/mol. The largest absolute Gasteiger partial charge is 0.469 e. The molecule has 0 bridgehead atoms. The fraction of sp³-hybridized carbons (Fsp3) is 0.739. The van der Waals surface area contributed by atoms with Gasteiger partial charge in [0.1, 0.15) is 0 Å². The van der Waals surface area contributed by atoms with Crippen molar-refractivity contribution < 1.29 is 9.53 Å². The molecule has 0 radical (unpaired) electrons. The SMILES string of the molecule is COC(=O)[C@]1(C)CCC[C@@]2(C)[C@H]1CC=C1C=C(C(C)C)[C@@H](CC#N)C[C@@H]12. The van der Waals surface area contributed by atoms with Crippen molar-refractivity contribution in [2.24, 2.45) is 34.5 Å². The molecule has 0 amide bonds. The summed E-state index contributed by atoms with van der Waals surface area (Å²) in [5.41, 5.74) is 2.60. The number of esters is 1. The molecule has 3 nitrogen and oxygen atoms in total. The van der Waals surface area contributed by atoms with Crippen molar-refractivity contribution in [3.63, 3.8) is 0 Å². The highest BCUT2D eigenvalue weighted by atomic mass is 16.5. The van der Waals surface area contributed by atoms with E-state index in [0.717, 1.165) is 32.1 Å². The van der Waals surface area contributed by atoms with Crippen molar-refractivity contribution in [3.05, 3.63) is 23.3 Å². The predicted molar refractivity (Wildman–Crippen MR) is 103 cm³/mol. The Balaban J connectivity index is 2.03. The number of rotatable bonds is 3. The molecule has 0 aromatic rings. The number of carbonyl (C=O) groups is 1. The molecule has 0 saturated heterocycles. The summed E-state index contributed by atoms with van der Waals surface area (Å²) < 4.78 is 5.22. The Hall–Kier alpha value is -1.56. The van der Waals surface area contributed by atoms with E-state index in [1.807, 2.05) is 0 Å². The lowest BCUT2D eigenvalue weighted by molar-refractivity contribution is -0.166. The molecule has 0 spiro atoms. The first-order valence-electron chi connectivity index (χ1n) is 10.1. The second kappa shape index (κ2) is 6.87. The van der Waals surface area contributed by atoms with Crippen LogP contribution in [0.4, 0.5) is 0 Å². The van der Waals surface area contributed by atoms with E-state index in [1.165, 1.54) is 18.3 Å². The topological polar surface area (TPSA) is 50.1 Å². The number of methoxy groups -OCH3 is 1. The minimum Gasteiger partial charge on any atom is -0.469 e. The molecule has 0 aliphatic heterocycles. The van der Waals surface area contributed by atoms with Crippen LogP contribution in [0.1, 0.15) is 66.2 Å². The van der Waals surface area contributed by atoms with Gasteiger partial charge < -0.3 is 4.74 Å². The van der Waals surface area contributed by atoms with Crippen LogP contribution in [0.25, 0.3) is 0 Å². The standard InChI is InChI=1S/C23H33NO2/c1-15(2)18-13-17-7-8-20-22(3,19(17)14-16(18)9-12-24)10-6-11-23(20,4)21(25)26-5/h7,13,15-16,19-20H,6,8-11,14H2,1-5H3/t16-,19-,20+,22+,23+/m0/s1. The maximum atomic E-state index is 12.7. The molecule has 142 valence electrons. The molecule has 3 heteroatoms. The summed E-state index contributed by atoms with van der Waals surface area (Å²) in [6.45, 7) is 8.98. The van der Waals surface area contributed by atoms with Crippen LogP contribution >= 0.6 is 0 Å². The summed E-state index contributed by atoms with van der Waals surface area (Å²) in [7, 11) is 1.52. The molecule has 0 heterocycles. The fourth-order valence-electron chi connectivity index (χ4n) is 6.36. The number of hydrogen-bond donors (Lipinski definition) is 0. The quantitative estimate of drug-likeness (QED) is 0.634. The zero-order valence-electron chi connectivity index (χ0n) is 17.0. The second-order valence-electron chi connectivity index (χ2n) is 9.41. The highest BCUT2D eigenvalue weighted by Crippen LogP contribution is 2.63. The third-order valence-electron chi connectivity index (χ3n) is 7.75. The van der Waals surface area contributed by atoms with Gasteiger partial charge in [0.15, 0.2) is 0 Å². The van der Waals surface area contributed by atoms with Crippen LogP contribution in [-0.2, 0) is 9.53 Å². The smallest absolute Gasteiger partial charge is 0.311 e. The zero-order chi connectivity index (χ0) is 19.1. The molecule has 3 rings (SSSR count). The van der Waals surface area contributed by atoms with Crippen molar-refractivity contribution in [2.75, 3.05) is 7.11 Å². The van der Waals surface area contributed by atoms with E-state index in [4.69, 9.17) is 4.74 Å². The summed E-state index contributed by atoms with van der Waals surface area (Å²) in [5.74, 6) is 1.55. The van der Waals surface area contributed by atoms with Crippen molar-refractivity contribution >= 4 is 5.97 Å². The molecular weight excluding hydrogens is 322 g/mol. The van der Waals surface area contributed by atoms with Gasteiger partial charge in [0, 0.05) is 6.42 Å². The molecule has 0 N–H and O–H groups in total. The van der Waals surface area contributed by atoms with Gasteiger partial charge in [-0.2, -0.15) is 5.26 Å². The molecule has 0 aromatic carbocycles. The first-order valence-corrected chi connectivity index (χ1v) is 10.1. The van der Waals surface area contributed by atoms with Crippen LogP contribution < -0.4 is 0 Å². The van der Waals surface area contributed by atoms with Gasteiger partial charge in [-0.1, -0.05) is 44.9 Å². The van der Waals surface area contributed by atoms with E-state index in [2.05, 4.69) is 45.9 Å². The molecule has 0 aromatic heterocycles. The summed E-state index contributed by atoms with van der Waals surface area (Å²) in [4.78, 5) is 12.7. The summed E-state index contributed by atoms with van der Waals surface area (Å²) >= 11 is 0. The van der Waals surface area contributed by atoms with Crippen molar-refractivity contribution in [1.29, 1.82) is 5.26 Å². The van der Waals surface area contributed by atoms with E-state index in [-0.39, 0.29) is 11.4 Å². The number of nitrogens with zero attached hydrogens (tertiary/aromatic N) is 1. The summed E-state index contributed by atoms with van der Waals surface area (Å²) in [5, 5.41) is 9.35. The third-order valence-corrected chi connectivity index (χ3v) is 7.75. The number of nitriles is 1. The van der Waals surface area contributed by atoms with Gasteiger partial charge >= 0.3 is 5.97 Å². The van der Waals surface area contributed by atoms with Crippen LogP contribution in [0.5, 0.6) is 0 Å². The van der Waals surface area contributed by atoms with Crippen LogP contribution in [-0.4, -0.2) is 13.1 Å². The number of hydrogen-bond acceptors (Lipinski definition) is 3. The highest BCUT2D eigenvalue weighted by Gasteiger charge is 2.58. The van der Waals surface area contributed by atoms with Gasteiger partial charge in [-0.3, -0.25) is 4.79 Å². The summed E-state index contributed by atoms with van der Waals surface area (Å²) in [6.07, 6.45) is 10.5. The molecule has 5 atom stereocenters. The number of fused-ring (bicyclic) bond motifs is 3. The monoisotopic (exact) mass is 355 g/mol. The van der Waals surface area contributed by atoms with Crippen molar-refractivity contribution in [2.45, 2.75) is 66.2 Å². The third kappa shape index (κ3) is 2.82. The van der Waals surface area contributed by atoms with Gasteiger partial charge in [-0.05, 0) is 67.3 Å². The Morgan fingerprint density at radius 2 is 2.12 bits per heavy atom. The lowest BCUT2D eigenvalue weighted by atomic mass is 9.46. The average Bonchev–Trinajstić information content (AvgIpc) is 2.60. The van der Waals surface area contributed by atoms with Crippen molar-refractivity contribution in [1.82, 2.24) is 0 Å². The molecule has 26 heavy (non-hydrogen) atoms. The lowest BCUT2D eigenvalue weighted by Crippen LogP contribution is -2.53. The van der Waals surface area contributed by atoms with Crippen LogP contribution in [0.15, 0.2) is 23.3 Å². The number of allylic oxidation sites excluding steroid dienone is 4. The minimum atomic E-state index is -0.392. The van der Waals surface area contributed by atoms with E-state index in [0.29, 0.717) is 30.1 Å². The maximum Gasteiger partial charge on any atom is 0.311 e. The molecule has 3 aliphatic rings. The first-order chi connectivity index (χ1) is 12.3. The van der Waals surface area contributed by atoms with Gasteiger partial charge in [0.05, 0.1) is 18.6 Å². The van der Waals surface area contributed by atoms with Crippen molar-refractivity contribution in [3.8, 4) is 6.07 Å². The molecule has 0 unspecified atom stereocenters. The van der Waals surface area contributed by atoms with Crippen LogP contribution in [0.3, 0.4) is 0 Å². The highest BCUT2D eigenvalue weighted by molar-refractivity contribution is 5.77. The second-order valence-corrected chi connectivity index (χ2v) is 9.41. The van der Waals surface area contributed by atoms with Crippen LogP contribution in [0.2, 0.25) is 0 Å². The van der Waals surface area contributed by atoms with E-state index < -0.39 is 5.41 Å². The van der Waals surface area contributed by atoms with E-state index in [9.17, 15) is 10.1 Å². The Morgan fingerprint density at radius 1 is 1.38 bits per heavy atom. The Labute approximate surface area is 158 Å². The van der Waals surface area contributed by atoms with Gasteiger partial charge in [-0.25, -0.2) is 0 Å². The maximum absolute atomic E-state index is 12.7. The molecular formula is C23H33NO2. The summed E-state index contributed by atoms with van der Waals surface area (Å²) in [6, 6.07) is 2.41. The normalized spacial score (nSPS) is 39.2. The molecule has 1 fully saturated rings. The fourth-order valence-corrected chi connectivity index (χ4v) is 6.36. The zero-order valence-corrected chi connectivity index (χ0v) is 17.0. The van der Waals surface area contributed by atoms with Gasteiger partial charge in [-0.15, -0.1) is 0 Å². The number of carbonyl (C=O) groups excluding carboxylic acids is 1. The van der Waals surface area contributed by atoms with E-state index >= 15 is 0 Å². The molecule has 3 aliphatic carbocycles. The van der Waals surface area contributed by atoms with Crippen LogP contribution in [0, 0.1) is 45.8 Å². The predicted octanol–water partition coefficient (Wildman–Crippen LogP) is 5.43. The first kappa shape index (κ1) is 19.2. The Morgan fingerprint density at radius 3 is 2.73 bits per heavy atom.